The molecule has 0 N–H and O–H groups in total. The van der Waals surface area contributed by atoms with Crippen LogP contribution in [-0.4, -0.2) is 99.9 Å². The highest BCUT2D eigenvalue weighted by atomic mass is 31.2. The van der Waals surface area contributed by atoms with Crippen molar-refractivity contribution in [1.82, 2.24) is 0 Å². The van der Waals surface area contributed by atoms with Crippen molar-refractivity contribution in [3.63, 3.8) is 0 Å². The average Bonchev–Trinajstić information content (AvgIpc) is 2.97. The van der Waals surface area contributed by atoms with Gasteiger partial charge in [0.15, 0.2) is 0 Å². The zero-order chi connectivity index (χ0) is 33.6. The molecule has 0 spiro atoms. The first-order valence-electron chi connectivity index (χ1n) is 14.3. The maximum atomic E-state index is 12.8. The van der Waals surface area contributed by atoms with Gasteiger partial charge in [-0.15, -0.1) is 0 Å². The molecule has 3 saturated heterocycles. The summed E-state index contributed by atoms with van der Waals surface area (Å²) < 4.78 is 112. The topological polar surface area (TPSA) is 178 Å². The van der Waals surface area contributed by atoms with Gasteiger partial charge in [0.25, 0.3) is 0 Å². The predicted octanol–water partition coefficient (Wildman–Crippen LogP) is 7.11. The van der Waals surface area contributed by atoms with Crippen molar-refractivity contribution >= 4 is 38.0 Å². The van der Waals surface area contributed by atoms with E-state index in [0.717, 1.165) is 6.42 Å². The predicted molar refractivity (Wildman–Crippen MR) is 166 cm³/mol. The monoisotopic (exact) mass is 734 g/mol. The molecule has 15 nitrogen and oxygen atoms in total. The minimum absolute atomic E-state index is 0.105. The standard InChI is InChI=1S/C15H31O9P3.C9H20O6P2/c1-6-14(8-19-25(3,16)20-9-14)12-23-27(5,18)24-13-15(7-2)10-21-26(4,17)22-11-15;1-5-9(6-13-16(3,10)12-2)7-14-17(4,11)15-8-9/h6-13H2,1-5H3;5-8H2,1-4H3. The Bertz CT molecular complexity index is 1100. The lowest BCUT2D eigenvalue weighted by atomic mass is 9.88. The van der Waals surface area contributed by atoms with Crippen molar-refractivity contribution < 1.29 is 68.1 Å². The lowest BCUT2D eigenvalue weighted by Gasteiger charge is -2.39. The van der Waals surface area contributed by atoms with Gasteiger partial charge in [-0.2, -0.15) is 0 Å². The summed E-state index contributed by atoms with van der Waals surface area (Å²) in [5.74, 6) is 0. The normalized spacial score (nSPS) is 40.7. The molecule has 0 radical (unpaired) electrons. The van der Waals surface area contributed by atoms with Crippen molar-refractivity contribution in [3.8, 4) is 0 Å². The van der Waals surface area contributed by atoms with Crippen LogP contribution in [0.4, 0.5) is 0 Å². The third-order valence-corrected chi connectivity index (χ3v) is 14.1. The molecule has 0 aromatic heterocycles. The van der Waals surface area contributed by atoms with Crippen LogP contribution in [0.15, 0.2) is 0 Å². The molecule has 1 atom stereocenters. The van der Waals surface area contributed by atoms with Crippen molar-refractivity contribution in [2.24, 2.45) is 16.2 Å². The molecule has 0 saturated carbocycles. The van der Waals surface area contributed by atoms with Gasteiger partial charge in [-0.25, -0.2) is 0 Å². The first-order chi connectivity index (χ1) is 20.1. The van der Waals surface area contributed by atoms with Gasteiger partial charge in [0.1, 0.15) is 0 Å². The Morgan fingerprint density at radius 1 is 0.545 bits per heavy atom. The second-order valence-electron chi connectivity index (χ2n) is 12.1. The number of rotatable bonds is 13. The maximum Gasteiger partial charge on any atom is 0.327 e. The van der Waals surface area contributed by atoms with Crippen LogP contribution in [0.3, 0.4) is 0 Å². The summed E-state index contributed by atoms with van der Waals surface area (Å²) >= 11 is 0. The molecule has 3 aliphatic heterocycles. The van der Waals surface area contributed by atoms with Crippen LogP contribution in [0.25, 0.3) is 0 Å². The second kappa shape index (κ2) is 16.0. The molecule has 3 aliphatic rings. The van der Waals surface area contributed by atoms with E-state index in [-0.39, 0.29) is 59.5 Å². The van der Waals surface area contributed by atoms with Crippen LogP contribution < -0.4 is 0 Å². The fourth-order valence-corrected chi connectivity index (χ4v) is 8.76. The zero-order valence-corrected chi connectivity index (χ0v) is 31.8. The van der Waals surface area contributed by atoms with Crippen LogP contribution >= 0.6 is 38.0 Å². The molecule has 0 amide bonds. The largest absolute Gasteiger partial charge is 0.327 e. The van der Waals surface area contributed by atoms with E-state index in [1.807, 2.05) is 20.8 Å². The molecular weight excluding hydrogens is 683 g/mol. The van der Waals surface area contributed by atoms with Crippen molar-refractivity contribution in [1.29, 1.82) is 0 Å². The lowest BCUT2D eigenvalue weighted by molar-refractivity contribution is -0.0308. The second-order valence-corrected chi connectivity index (χ2v) is 22.5. The summed E-state index contributed by atoms with van der Waals surface area (Å²) in [6.45, 7) is 14.8. The first-order valence-corrected chi connectivity index (χ1v) is 24.3. The molecule has 0 aromatic rings. The van der Waals surface area contributed by atoms with Crippen LogP contribution in [0, 0.1) is 16.2 Å². The highest BCUT2D eigenvalue weighted by Crippen LogP contribution is 2.56. The lowest BCUT2D eigenvalue weighted by Crippen LogP contribution is -2.40. The Kier molecular flexibility index (Phi) is 14.9. The fraction of sp³-hybridized carbons (Fsp3) is 1.00. The minimum Gasteiger partial charge on any atom is -0.312 e. The fourth-order valence-electron chi connectivity index (χ4n) is 3.78. The van der Waals surface area contributed by atoms with Crippen LogP contribution in [0.1, 0.15) is 40.0 Å². The molecule has 0 bridgehead atoms. The van der Waals surface area contributed by atoms with Gasteiger partial charge >= 0.3 is 38.0 Å². The van der Waals surface area contributed by atoms with Gasteiger partial charge in [-0.1, -0.05) is 20.8 Å². The molecule has 3 fully saturated rings. The van der Waals surface area contributed by atoms with E-state index in [1.165, 1.54) is 40.4 Å². The van der Waals surface area contributed by atoms with E-state index in [1.54, 1.807) is 0 Å². The highest BCUT2D eigenvalue weighted by Gasteiger charge is 2.43. The molecule has 1 unspecified atom stereocenters. The Hall–Kier alpha value is 0.750. The van der Waals surface area contributed by atoms with Gasteiger partial charge in [0.2, 0.25) is 0 Å². The molecule has 20 heteroatoms. The quantitative estimate of drug-likeness (QED) is 0.175. The summed E-state index contributed by atoms with van der Waals surface area (Å²) in [6, 6.07) is 0. The smallest absolute Gasteiger partial charge is 0.312 e. The molecular formula is C24H51O15P5. The SMILES string of the molecule is CCC1(COP(C)(=O)OC)COP(C)(=O)OC1.CCC1(COP(C)(=O)OCC2(CC)COP(C)(=O)OC2)COP(C)(=O)OC1. The maximum absolute atomic E-state index is 12.8. The van der Waals surface area contributed by atoms with Crippen LogP contribution in [-0.2, 0) is 68.1 Å². The third kappa shape index (κ3) is 13.0. The van der Waals surface area contributed by atoms with Crippen molar-refractivity contribution in [2.75, 3.05) is 99.9 Å². The van der Waals surface area contributed by atoms with E-state index in [2.05, 4.69) is 0 Å². The Morgan fingerprint density at radius 3 is 0.977 bits per heavy atom. The third-order valence-electron chi connectivity index (χ3n) is 8.03. The zero-order valence-electron chi connectivity index (χ0n) is 27.3. The van der Waals surface area contributed by atoms with E-state index in [4.69, 9.17) is 45.2 Å². The van der Waals surface area contributed by atoms with E-state index in [9.17, 15) is 22.8 Å². The van der Waals surface area contributed by atoms with Crippen molar-refractivity contribution in [2.45, 2.75) is 40.0 Å². The van der Waals surface area contributed by atoms with E-state index >= 15 is 0 Å². The molecule has 44 heavy (non-hydrogen) atoms. The molecule has 262 valence electrons. The summed E-state index contributed by atoms with van der Waals surface area (Å²) in [6.07, 6.45) is 2.02. The molecule has 3 heterocycles. The van der Waals surface area contributed by atoms with Crippen LogP contribution in [0.5, 0.6) is 0 Å². The molecule has 0 aliphatic carbocycles. The Labute approximate surface area is 262 Å². The minimum atomic E-state index is -3.36. The number of hydrogen-bond donors (Lipinski definition) is 0. The molecule has 0 aromatic carbocycles. The van der Waals surface area contributed by atoms with E-state index < -0.39 is 54.2 Å². The van der Waals surface area contributed by atoms with Crippen LogP contribution in [0.2, 0.25) is 0 Å². The Morgan fingerprint density at radius 2 is 0.773 bits per heavy atom. The summed E-state index contributed by atoms with van der Waals surface area (Å²) in [5, 5.41) is 0. The summed E-state index contributed by atoms with van der Waals surface area (Å²) in [7, 11) is -13.9. The van der Waals surface area contributed by atoms with Gasteiger partial charge in [0, 0.05) is 56.7 Å². The first kappa shape index (κ1) is 40.9. The summed E-state index contributed by atoms with van der Waals surface area (Å²) in [5.41, 5.74) is -1.45. The van der Waals surface area contributed by atoms with Gasteiger partial charge in [0.05, 0.1) is 59.5 Å². The number of hydrogen-bond acceptors (Lipinski definition) is 15. The van der Waals surface area contributed by atoms with Gasteiger partial charge in [-0.3, -0.25) is 22.8 Å². The van der Waals surface area contributed by atoms with E-state index in [0.29, 0.717) is 12.8 Å². The van der Waals surface area contributed by atoms with Crippen molar-refractivity contribution in [3.05, 3.63) is 0 Å². The van der Waals surface area contributed by atoms with Gasteiger partial charge in [-0.05, 0) is 19.3 Å². The summed E-state index contributed by atoms with van der Waals surface area (Å²) in [4.78, 5) is 0. The Balaban J connectivity index is 0.000000342. The highest BCUT2D eigenvalue weighted by molar-refractivity contribution is 7.54. The average molecular weight is 735 g/mol. The molecule has 3 rings (SSSR count). The van der Waals surface area contributed by atoms with Gasteiger partial charge < -0.3 is 45.2 Å².